The van der Waals surface area contributed by atoms with Gasteiger partial charge < -0.3 is 14.6 Å². The third-order valence-electron chi connectivity index (χ3n) is 9.54. The van der Waals surface area contributed by atoms with Gasteiger partial charge in [-0.2, -0.15) is 0 Å². The van der Waals surface area contributed by atoms with Crippen molar-refractivity contribution in [3.05, 3.63) is 0 Å². The Bertz CT molecular complexity index is 508. The Balaban J connectivity index is 1.49. The van der Waals surface area contributed by atoms with Crippen LogP contribution in [0.5, 0.6) is 0 Å². The quantitative estimate of drug-likeness (QED) is 0.777. The van der Waals surface area contributed by atoms with Gasteiger partial charge in [-0.15, -0.1) is 0 Å². The summed E-state index contributed by atoms with van der Waals surface area (Å²) in [6.45, 7) is 5.49. The maximum absolute atomic E-state index is 10.2. The molecule has 0 radical (unpaired) electrons. The normalized spacial score (nSPS) is 55.4. The molecule has 1 spiro atoms. The Morgan fingerprint density at radius 2 is 1.88 bits per heavy atom. The average molecular weight is 349 g/mol. The van der Waals surface area contributed by atoms with Crippen LogP contribution in [0.15, 0.2) is 0 Å². The van der Waals surface area contributed by atoms with Crippen molar-refractivity contribution in [2.24, 2.45) is 40.4 Å². The zero-order valence-electron chi connectivity index (χ0n) is 15.9. The molecule has 2 unspecified atom stereocenters. The highest BCUT2D eigenvalue weighted by atomic mass is 16.5. The van der Waals surface area contributed by atoms with Gasteiger partial charge in [0, 0.05) is 12.0 Å². The molecule has 5 rings (SSSR count). The summed E-state index contributed by atoms with van der Waals surface area (Å²) < 4.78 is 12.3. The Morgan fingerprint density at radius 3 is 2.76 bits per heavy atom. The molecule has 142 valence electrons. The van der Waals surface area contributed by atoms with E-state index >= 15 is 0 Å². The summed E-state index contributed by atoms with van der Waals surface area (Å²) >= 11 is 0. The molecule has 25 heavy (non-hydrogen) atoms. The van der Waals surface area contributed by atoms with E-state index in [1.54, 1.807) is 0 Å². The fraction of sp³-hybridized carbons (Fsp3) is 1.00. The smallest absolute Gasteiger partial charge is 0.0704 e. The zero-order valence-corrected chi connectivity index (χ0v) is 15.9. The fourth-order valence-corrected chi connectivity index (χ4v) is 8.57. The van der Waals surface area contributed by atoms with Gasteiger partial charge in [-0.05, 0) is 80.0 Å². The Hall–Kier alpha value is -0.120. The SMILES string of the molecule is C[C@]12CCCCC1[C@H](CO)C[C@H]1[C@@H]3CCC4OCCOC[C@@]43CC[C@@H]12. The lowest BCUT2D eigenvalue weighted by molar-refractivity contribution is -0.161. The largest absolute Gasteiger partial charge is 0.396 e. The number of aliphatic hydroxyl groups is 1. The minimum Gasteiger partial charge on any atom is -0.396 e. The highest BCUT2D eigenvalue weighted by molar-refractivity contribution is 5.12. The highest BCUT2D eigenvalue weighted by Gasteiger charge is 2.63. The first kappa shape index (κ1) is 17.0. The van der Waals surface area contributed by atoms with Gasteiger partial charge in [0.25, 0.3) is 0 Å². The summed E-state index contributed by atoms with van der Waals surface area (Å²) in [4.78, 5) is 0. The Kier molecular flexibility index (Phi) is 4.22. The molecule has 3 heteroatoms. The van der Waals surface area contributed by atoms with Gasteiger partial charge >= 0.3 is 0 Å². The molecule has 3 nitrogen and oxygen atoms in total. The molecule has 1 saturated heterocycles. The second-order valence-corrected chi connectivity index (χ2v) is 10.2. The lowest BCUT2D eigenvalue weighted by atomic mass is 9.43. The van der Waals surface area contributed by atoms with E-state index in [-0.39, 0.29) is 5.41 Å². The van der Waals surface area contributed by atoms with Crippen molar-refractivity contribution in [3.8, 4) is 0 Å². The molecule has 4 aliphatic carbocycles. The van der Waals surface area contributed by atoms with Gasteiger partial charge in [-0.3, -0.25) is 0 Å². The number of hydrogen-bond acceptors (Lipinski definition) is 3. The Labute approximate surface area is 152 Å². The molecule has 5 aliphatic rings. The second kappa shape index (κ2) is 6.21. The summed E-state index contributed by atoms with van der Waals surface area (Å²) in [5.74, 6) is 3.73. The van der Waals surface area contributed by atoms with Crippen LogP contribution in [0.1, 0.15) is 64.7 Å². The first-order valence-electron chi connectivity index (χ1n) is 11.0. The molecule has 1 heterocycles. The number of fused-ring (bicyclic) bond motifs is 4. The molecule has 1 N–H and O–H groups in total. The second-order valence-electron chi connectivity index (χ2n) is 10.2. The van der Waals surface area contributed by atoms with Crippen LogP contribution >= 0.6 is 0 Å². The van der Waals surface area contributed by atoms with Crippen molar-refractivity contribution in [1.82, 2.24) is 0 Å². The molecule has 0 aromatic carbocycles. The van der Waals surface area contributed by atoms with Crippen molar-refractivity contribution in [3.63, 3.8) is 0 Å². The van der Waals surface area contributed by atoms with Crippen LogP contribution in [0.2, 0.25) is 0 Å². The molecular formula is C22H36O3. The van der Waals surface area contributed by atoms with Gasteiger partial charge in [0.1, 0.15) is 0 Å². The van der Waals surface area contributed by atoms with Crippen LogP contribution in [0, 0.1) is 40.4 Å². The summed E-state index contributed by atoms with van der Waals surface area (Å²) in [5, 5.41) is 10.2. The number of rotatable bonds is 1. The highest BCUT2D eigenvalue weighted by Crippen LogP contribution is 2.67. The lowest BCUT2D eigenvalue weighted by Crippen LogP contribution is -2.57. The van der Waals surface area contributed by atoms with E-state index in [1.807, 2.05) is 0 Å². The first-order valence-corrected chi connectivity index (χ1v) is 11.0. The van der Waals surface area contributed by atoms with E-state index < -0.39 is 0 Å². The van der Waals surface area contributed by atoms with Gasteiger partial charge in [-0.25, -0.2) is 0 Å². The predicted molar refractivity (Wildman–Crippen MR) is 97.2 cm³/mol. The van der Waals surface area contributed by atoms with Crippen molar-refractivity contribution in [2.75, 3.05) is 26.4 Å². The summed E-state index contributed by atoms with van der Waals surface area (Å²) in [7, 11) is 0. The minimum atomic E-state index is 0.287. The molecular weight excluding hydrogens is 312 g/mol. The van der Waals surface area contributed by atoms with Crippen LogP contribution in [0.3, 0.4) is 0 Å². The van der Waals surface area contributed by atoms with Gasteiger partial charge in [-0.1, -0.05) is 19.8 Å². The fourth-order valence-electron chi connectivity index (χ4n) is 8.57. The van der Waals surface area contributed by atoms with Gasteiger partial charge in [0.05, 0.1) is 25.9 Å². The molecule has 0 bridgehead atoms. The van der Waals surface area contributed by atoms with Crippen molar-refractivity contribution in [2.45, 2.75) is 70.8 Å². The van der Waals surface area contributed by atoms with Crippen molar-refractivity contribution >= 4 is 0 Å². The monoisotopic (exact) mass is 348 g/mol. The maximum atomic E-state index is 10.2. The molecule has 0 amide bonds. The van der Waals surface area contributed by atoms with E-state index in [0.29, 0.717) is 24.0 Å². The van der Waals surface area contributed by atoms with Gasteiger partial charge in [0.15, 0.2) is 0 Å². The van der Waals surface area contributed by atoms with Crippen molar-refractivity contribution in [1.29, 1.82) is 0 Å². The molecule has 4 saturated carbocycles. The van der Waals surface area contributed by atoms with E-state index in [0.717, 1.165) is 43.5 Å². The van der Waals surface area contributed by atoms with E-state index in [2.05, 4.69) is 6.92 Å². The summed E-state index contributed by atoms with van der Waals surface area (Å²) in [6, 6.07) is 0. The standard InChI is InChI=1S/C22H36O3/c1-21-8-3-2-4-17(21)15(13-23)12-16-18(21)7-9-22-14-24-10-11-25-20(22)6-5-19(16)22/h15-20,23H,2-14H2,1H3/t15-,16+,17?,18-,19-,20?,21-,22+/m0/s1. The van der Waals surface area contributed by atoms with E-state index in [9.17, 15) is 5.11 Å². The van der Waals surface area contributed by atoms with Crippen LogP contribution in [-0.2, 0) is 9.47 Å². The van der Waals surface area contributed by atoms with Crippen LogP contribution < -0.4 is 0 Å². The molecule has 8 atom stereocenters. The van der Waals surface area contributed by atoms with E-state index in [4.69, 9.17) is 9.47 Å². The first-order chi connectivity index (χ1) is 12.2. The number of ether oxygens (including phenoxy) is 2. The summed E-state index contributed by atoms with van der Waals surface area (Å²) in [6.07, 6.45) is 12.5. The lowest BCUT2D eigenvalue weighted by Gasteiger charge is -2.62. The van der Waals surface area contributed by atoms with E-state index in [1.165, 1.54) is 57.8 Å². The molecule has 0 aromatic heterocycles. The zero-order chi connectivity index (χ0) is 17.1. The number of hydrogen-bond donors (Lipinski definition) is 1. The maximum Gasteiger partial charge on any atom is 0.0704 e. The molecule has 5 fully saturated rings. The Morgan fingerprint density at radius 1 is 0.960 bits per heavy atom. The third kappa shape index (κ3) is 2.34. The average Bonchev–Trinajstić information content (AvgIpc) is 2.88. The van der Waals surface area contributed by atoms with Crippen LogP contribution in [0.4, 0.5) is 0 Å². The minimum absolute atomic E-state index is 0.287. The third-order valence-corrected chi connectivity index (χ3v) is 9.54. The topological polar surface area (TPSA) is 38.7 Å². The number of aliphatic hydroxyl groups excluding tert-OH is 1. The van der Waals surface area contributed by atoms with Crippen LogP contribution in [-0.4, -0.2) is 37.6 Å². The van der Waals surface area contributed by atoms with Crippen LogP contribution in [0.25, 0.3) is 0 Å². The molecule has 1 aliphatic heterocycles. The predicted octanol–water partition coefficient (Wildman–Crippen LogP) is 4.03. The van der Waals surface area contributed by atoms with Gasteiger partial charge in [0.2, 0.25) is 0 Å². The van der Waals surface area contributed by atoms with Crippen molar-refractivity contribution < 1.29 is 14.6 Å². The summed E-state index contributed by atoms with van der Waals surface area (Å²) in [5.41, 5.74) is 0.760. The molecule has 0 aromatic rings.